The summed E-state index contributed by atoms with van der Waals surface area (Å²) in [5.74, 6) is -4.23. The van der Waals surface area contributed by atoms with Gasteiger partial charge in [0.05, 0.1) is 36.1 Å². The minimum absolute atomic E-state index is 0.198. The van der Waals surface area contributed by atoms with Crippen molar-refractivity contribution in [2.45, 2.75) is 52.2 Å². The molecule has 10 heteroatoms. The van der Waals surface area contributed by atoms with E-state index >= 15 is 0 Å². The Morgan fingerprint density at radius 3 is 1.98 bits per heavy atom. The number of carbonyl (C=O) groups excluding carboxylic acids is 3. The van der Waals surface area contributed by atoms with E-state index in [9.17, 15) is 19.5 Å². The molecular weight excluding hydrogens is 688 g/mol. The van der Waals surface area contributed by atoms with E-state index in [1.165, 1.54) is 6.92 Å². The number of rotatable bonds is 12. The van der Waals surface area contributed by atoms with Gasteiger partial charge in [0.2, 0.25) is 11.8 Å². The standard InChI is InChI=1S/C39H41BrN2O7/c1-5-47-32-13-9-7-11-28(32)41-37(44)35-30(43)22-39(4,46)36(38(45)42-29-12-8-10-14-33(29)48-6-2)34(35)27-21-26(40)19-20-31(27)49-23-25-17-15-24(3)16-18-25/h7-21,34-36,46H,5-6,22-23H2,1-4H3,(H,41,44)(H,42,45). The molecule has 9 nitrogen and oxygen atoms in total. The van der Waals surface area contributed by atoms with Gasteiger partial charge < -0.3 is 30.0 Å². The third kappa shape index (κ3) is 8.32. The number of para-hydroxylation sites is 4. The summed E-state index contributed by atoms with van der Waals surface area (Å²) in [6, 6.07) is 27.1. The van der Waals surface area contributed by atoms with Gasteiger partial charge in [-0.3, -0.25) is 14.4 Å². The fraction of sp³-hybridized carbons (Fsp3) is 0.308. The molecule has 1 saturated carbocycles. The number of ketones is 1. The predicted molar refractivity (Wildman–Crippen MR) is 192 cm³/mol. The average molecular weight is 730 g/mol. The smallest absolute Gasteiger partial charge is 0.235 e. The summed E-state index contributed by atoms with van der Waals surface area (Å²) in [7, 11) is 0. The van der Waals surface area contributed by atoms with Gasteiger partial charge in [-0.25, -0.2) is 0 Å². The SMILES string of the molecule is CCOc1ccccc1NC(=O)C1C(=O)CC(C)(O)C(C(=O)Nc2ccccc2OCC)C1c1cc(Br)ccc1OCc1ccc(C)cc1. The monoisotopic (exact) mass is 728 g/mol. The summed E-state index contributed by atoms with van der Waals surface area (Å²) >= 11 is 3.55. The molecule has 0 radical (unpaired) electrons. The molecule has 5 rings (SSSR count). The van der Waals surface area contributed by atoms with Crippen LogP contribution >= 0.6 is 15.9 Å². The van der Waals surface area contributed by atoms with Crippen molar-refractivity contribution < 1.29 is 33.7 Å². The van der Waals surface area contributed by atoms with Gasteiger partial charge in [-0.1, -0.05) is 70.0 Å². The molecule has 256 valence electrons. The number of amides is 2. The van der Waals surface area contributed by atoms with E-state index in [0.29, 0.717) is 51.9 Å². The van der Waals surface area contributed by atoms with Crippen molar-refractivity contribution in [3.63, 3.8) is 0 Å². The summed E-state index contributed by atoms with van der Waals surface area (Å²) in [6.45, 7) is 8.06. The molecule has 0 heterocycles. The van der Waals surface area contributed by atoms with Gasteiger partial charge >= 0.3 is 0 Å². The second-order valence-electron chi connectivity index (χ2n) is 12.3. The number of carbonyl (C=O) groups is 3. The minimum atomic E-state index is -1.83. The number of hydrogen-bond acceptors (Lipinski definition) is 7. The first-order valence-corrected chi connectivity index (χ1v) is 17.1. The van der Waals surface area contributed by atoms with Gasteiger partial charge in [0, 0.05) is 22.4 Å². The van der Waals surface area contributed by atoms with Gasteiger partial charge in [0.25, 0.3) is 0 Å². The number of aliphatic hydroxyl groups is 1. The normalized spacial score (nSPS) is 20.3. The van der Waals surface area contributed by atoms with Crippen LogP contribution in [0, 0.1) is 18.8 Å². The summed E-state index contributed by atoms with van der Waals surface area (Å²) < 4.78 is 18.5. The molecule has 0 aromatic heterocycles. The molecule has 0 aliphatic heterocycles. The summed E-state index contributed by atoms with van der Waals surface area (Å²) in [5, 5.41) is 17.7. The maximum atomic E-state index is 14.5. The van der Waals surface area contributed by atoms with Crippen molar-refractivity contribution >= 4 is 44.9 Å². The maximum Gasteiger partial charge on any atom is 0.235 e. The van der Waals surface area contributed by atoms with E-state index < -0.39 is 47.4 Å². The molecule has 49 heavy (non-hydrogen) atoms. The summed E-state index contributed by atoms with van der Waals surface area (Å²) in [5.41, 5.74) is 1.40. The number of anilines is 2. The molecule has 1 aliphatic carbocycles. The predicted octanol–water partition coefficient (Wildman–Crippen LogP) is 7.45. The first kappa shape index (κ1) is 35.6. The van der Waals surface area contributed by atoms with Crippen LogP contribution in [0.5, 0.6) is 17.2 Å². The Kier molecular flexibility index (Phi) is 11.4. The number of nitrogens with one attached hydrogen (secondary N) is 2. The third-order valence-corrected chi connectivity index (χ3v) is 9.06. The lowest BCUT2D eigenvalue weighted by Gasteiger charge is -2.45. The van der Waals surface area contributed by atoms with Gasteiger partial charge in [0.1, 0.15) is 35.6 Å². The van der Waals surface area contributed by atoms with E-state index in [0.717, 1.165) is 11.1 Å². The van der Waals surface area contributed by atoms with Gasteiger partial charge in [0.15, 0.2) is 0 Å². The molecule has 3 N–H and O–H groups in total. The minimum Gasteiger partial charge on any atom is -0.492 e. The zero-order valence-electron chi connectivity index (χ0n) is 28.0. The quantitative estimate of drug-likeness (QED) is 0.130. The van der Waals surface area contributed by atoms with Crippen LogP contribution in [-0.4, -0.2) is 41.5 Å². The molecule has 4 atom stereocenters. The highest BCUT2D eigenvalue weighted by Gasteiger charge is 2.56. The van der Waals surface area contributed by atoms with Crippen molar-refractivity contribution in [3.8, 4) is 17.2 Å². The Bertz CT molecular complexity index is 1810. The van der Waals surface area contributed by atoms with E-state index in [1.54, 1.807) is 66.7 Å². The van der Waals surface area contributed by atoms with Crippen molar-refractivity contribution in [2.24, 2.45) is 11.8 Å². The molecule has 4 aromatic carbocycles. The lowest BCUT2D eigenvalue weighted by atomic mass is 9.61. The van der Waals surface area contributed by atoms with Crippen LogP contribution < -0.4 is 24.8 Å². The second-order valence-corrected chi connectivity index (χ2v) is 13.2. The molecule has 1 fully saturated rings. The highest BCUT2D eigenvalue weighted by Crippen LogP contribution is 2.50. The van der Waals surface area contributed by atoms with Crippen LogP contribution in [0.2, 0.25) is 0 Å². The van der Waals surface area contributed by atoms with Crippen LogP contribution in [0.15, 0.2) is 95.5 Å². The molecule has 0 bridgehead atoms. The first-order chi connectivity index (χ1) is 23.5. The highest BCUT2D eigenvalue weighted by molar-refractivity contribution is 9.10. The van der Waals surface area contributed by atoms with Crippen LogP contribution in [-0.2, 0) is 21.0 Å². The fourth-order valence-corrected chi connectivity index (χ4v) is 6.73. The fourth-order valence-electron chi connectivity index (χ4n) is 6.35. The number of Topliss-reactive ketones (excluding diaryl/α,β-unsaturated/α-hetero) is 1. The van der Waals surface area contributed by atoms with E-state index in [1.807, 2.05) is 45.0 Å². The molecule has 4 aromatic rings. The Balaban J connectivity index is 1.62. The number of benzene rings is 4. The van der Waals surface area contributed by atoms with E-state index in [-0.39, 0.29) is 6.61 Å². The van der Waals surface area contributed by atoms with Crippen LogP contribution in [0.3, 0.4) is 0 Å². The topological polar surface area (TPSA) is 123 Å². The van der Waals surface area contributed by atoms with Crippen molar-refractivity contribution in [2.75, 3.05) is 23.8 Å². The van der Waals surface area contributed by atoms with Gasteiger partial charge in [-0.15, -0.1) is 0 Å². The van der Waals surface area contributed by atoms with Gasteiger partial charge in [-0.05, 0) is 75.7 Å². The summed E-state index contributed by atoms with van der Waals surface area (Å²) in [4.78, 5) is 42.8. The highest BCUT2D eigenvalue weighted by atomic mass is 79.9. The Labute approximate surface area is 295 Å². The maximum absolute atomic E-state index is 14.5. The molecular formula is C39H41BrN2O7. The van der Waals surface area contributed by atoms with Crippen LogP contribution in [0.1, 0.15) is 49.8 Å². The van der Waals surface area contributed by atoms with E-state index in [2.05, 4.69) is 26.6 Å². The van der Waals surface area contributed by atoms with Crippen molar-refractivity contribution in [3.05, 3.63) is 112 Å². The van der Waals surface area contributed by atoms with Crippen molar-refractivity contribution in [1.82, 2.24) is 0 Å². The van der Waals surface area contributed by atoms with Crippen molar-refractivity contribution in [1.29, 1.82) is 0 Å². The third-order valence-electron chi connectivity index (χ3n) is 8.57. The lowest BCUT2D eigenvalue weighted by Crippen LogP contribution is -2.56. The molecule has 0 spiro atoms. The molecule has 0 saturated heterocycles. The number of halogens is 1. The average Bonchev–Trinajstić information content (AvgIpc) is 3.06. The van der Waals surface area contributed by atoms with Gasteiger partial charge in [-0.2, -0.15) is 0 Å². The molecule has 4 unspecified atom stereocenters. The number of hydrogen-bond donors (Lipinski definition) is 3. The van der Waals surface area contributed by atoms with Crippen LogP contribution in [0.25, 0.3) is 0 Å². The largest absolute Gasteiger partial charge is 0.492 e. The zero-order valence-corrected chi connectivity index (χ0v) is 29.6. The van der Waals surface area contributed by atoms with E-state index in [4.69, 9.17) is 14.2 Å². The number of aryl methyl sites for hydroxylation is 1. The lowest BCUT2D eigenvalue weighted by molar-refractivity contribution is -0.150. The zero-order chi connectivity index (χ0) is 35.1. The second kappa shape index (κ2) is 15.7. The Morgan fingerprint density at radius 1 is 0.816 bits per heavy atom. The van der Waals surface area contributed by atoms with Crippen LogP contribution in [0.4, 0.5) is 11.4 Å². The Hall–Kier alpha value is -4.67. The summed E-state index contributed by atoms with van der Waals surface area (Å²) in [6.07, 6.45) is -0.423. The Morgan fingerprint density at radius 2 is 1.39 bits per heavy atom. The number of ether oxygens (including phenoxy) is 3. The molecule has 2 amide bonds. The first-order valence-electron chi connectivity index (χ1n) is 16.3. The molecule has 1 aliphatic rings.